The van der Waals surface area contributed by atoms with E-state index in [-0.39, 0.29) is 18.1 Å². The van der Waals surface area contributed by atoms with Gasteiger partial charge in [-0.2, -0.15) is 0 Å². The number of carbonyl (C=O) groups excluding carboxylic acids is 1. The van der Waals surface area contributed by atoms with Gasteiger partial charge in [0.15, 0.2) is 6.10 Å². The third-order valence-electron chi connectivity index (χ3n) is 9.68. The fraction of sp³-hybridized carbons (Fsp3) is 0.550. The lowest BCUT2D eigenvalue weighted by Crippen LogP contribution is -2.39. The Hall–Kier alpha value is -2.97. The second-order valence-electron chi connectivity index (χ2n) is 15.7. The predicted octanol–water partition coefficient (Wildman–Crippen LogP) is 8.50. The first-order valence-electron chi connectivity index (χ1n) is 17.4. The number of hydrogen-bond donors (Lipinski definition) is 1. The summed E-state index contributed by atoms with van der Waals surface area (Å²) in [7, 11) is 0. The number of fused-ring (bicyclic) bond motifs is 1. The van der Waals surface area contributed by atoms with Crippen molar-refractivity contribution in [3.63, 3.8) is 0 Å². The van der Waals surface area contributed by atoms with E-state index in [0.717, 1.165) is 79.4 Å². The highest BCUT2D eigenvalue weighted by Crippen LogP contribution is 2.46. The van der Waals surface area contributed by atoms with Crippen LogP contribution in [0.5, 0.6) is 0 Å². The van der Waals surface area contributed by atoms with Crippen LogP contribution in [-0.4, -0.2) is 52.3 Å². The number of hydrogen-bond acceptors (Lipinski definition) is 7. The van der Waals surface area contributed by atoms with Crippen LogP contribution in [0.25, 0.3) is 11.1 Å². The van der Waals surface area contributed by atoms with E-state index in [1.165, 1.54) is 22.3 Å². The lowest BCUT2D eigenvalue weighted by molar-refractivity contribution is -0.171. The Bertz CT molecular complexity index is 1610. The van der Waals surface area contributed by atoms with Crippen LogP contribution < -0.4 is 4.90 Å². The van der Waals surface area contributed by atoms with Crippen molar-refractivity contribution in [2.75, 3.05) is 24.5 Å². The molecule has 8 heteroatoms. The highest BCUT2D eigenvalue weighted by atomic mass is 35.5. The quantitative estimate of drug-likeness (QED) is 0.228. The van der Waals surface area contributed by atoms with Crippen molar-refractivity contribution < 1.29 is 19.4 Å². The second-order valence-corrected chi connectivity index (χ2v) is 16.1. The molecule has 3 aromatic rings. The maximum atomic E-state index is 13.9. The fourth-order valence-corrected chi connectivity index (χ4v) is 7.30. The zero-order chi connectivity index (χ0) is 35.0. The van der Waals surface area contributed by atoms with Gasteiger partial charge in [0.1, 0.15) is 0 Å². The first-order valence-corrected chi connectivity index (χ1v) is 17.8. The molecule has 0 spiro atoms. The van der Waals surface area contributed by atoms with Crippen LogP contribution in [0.1, 0.15) is 107 Å². The number of aliphatic hydroxyl groups is 1. The molecule has 1 aromatic heterocycles. The van der Waals surface area contributed by atoms with Gasteiger partial charge in [-0.15, -0.1) is 0 Å². The molecular formula is C40H54ClN3O4. The minimum absolute atomic E-state index is 0.216. The molecule has 2 aliphatic heterocycles. The molecule has 0 saturated carbocycles. The Morgan fingerprint density at radius 2 is 1.77 bits per heavy atom. The van der Waals surface area contributed by atoms with Gasteiger partial charge in [-0.1, -0.05) is 55.8 Å². The summed E-state index contributed by atoms with van der Waals surface area (Å²) in [6, 6.07) is 12.7. The molecule has 1 unspecified atom stereocenters. The number of piperidine rings is 1. The molecule has 0 radical (unpaired) electrons. The smallest absolute Gasteiger partial charge is 0.340 e. The van der Waals surface area contributed by atoms with E-state index in [4.69, 9.17) is 26.1 Å². The molecule has 2 aliphatic rings. The Morgan fingerprint density at radius 1 is 1.06 bits per heavy atom. The molecule has 3 heterocycles. The van der Waals surface area contributed by atoms with Gasteiger partial charge in [0.25, 0.3) is 0 Å². The van der Waals surface area contributed by atoms with E-state index < -0.39 is 17.7 Å². The lowest BCUT2D eigenvalue weighted by Gasteiger charge is -2.41. The number of nitrogens with zero attached hydrogens (tertiary/aromatic N) is 3. The van der Waals surface area contributed by atoms with Crippen molar-refractivity contribution in [3.8, 4) is 11.1 Å². The maximum absolute atomic E-state index is 13.9. The molecule has 0 bridgehead atoms. The van der Waals surface area contributed by atoms with E-state index in [1.54, 1.807) is 0 Å². The van der Waals surface area contributed by atoms with Crippen molar-refractivity contribution in [1.82, 2.24) is 9.88 Å². The van der Waals surface area contributed by atoms with Crippen LogP contribution in [0.15, 0.2) is 36.4 Å². The summed E-state index contributed by atoms with van der Waals surface area (Å²) < 4.78 is 12.4. The number of esters is 1. The van der Waals surface area contributed by atoms with Gasteiger partial charge in [-0.25, -0.2) is 4.79 Å². The zero-order valence-electron chi connectivity index (χ0n) is 30.4. The lowest BCUT2D eigenvalue weighted by atomic mass is 9.81. The zero-order valence-corrected chi connectivity index (χ0v) is 31.1. The Labute approximate surface area is 292 Å². The summed E-state index contributed by atoms with van der Waals surface area (Å²) in [5.74, 6) is -0.426. The summed E-state index contributed by atoms with van der Waals surface area (Å²) >= 11 is 6.59. The molecule has 48 heavy (non-hydrogen) atoms. The number of ether oxygens (including phenoxy) is 2. The number of carbonyl (C=O) groups is 1. The largest absolute Gasteiger partial charge is 0.461 e. The van der Waals surface area contributed by atoms with Crippen LogP contribution in [0, 0.1) is 19.3 Å². The van der Waals surface area contributed by atoms with Crippen molar-refractivity contribution in [3.05, 3.63) is 80.6 Å². The molecule has 0 amide bonds. The van der Waals surface area contributed by atoms with Crippen LogP contribution >= 0.6 is 11.6 Å². The van der Waals surface area contributed by atoms with Gasteiger partial charge in [0.05, 0.1) is 29.7 Å². The highest BCUT2D eigenvalue weighted by molar-refractivity contribution is 6.31. The number of aryl methyl sites for hydroxylation is 2. The topological polar surface area (TPSA) is 75.1 Å². The minimum atomic E-state index is -0.976. The average molecular weight is 676 g/mol. The van der Waals surface area contributed by atoms with Gasteiger partial charge in [-0.05, 0) is 107 Å². The Balaban J connectivity index is 1.62. The van der Waals surface area contributed by atoms with Crippen molar-refractivity contribution in [2.24, 2.45) is 5.41 Å². The van der Waals surface area contributed by atoms with Gasteiger partial charge in [0.2, 0.25) is 0 Å². The highest BCUT2D eigenvalue weighted by Gasteiger charge is 2.38. The predicted molar refractivity (Wildman–Crippen MR) is 194 cm³/mol. The van der Waals surface area contributed by atoms with Gasteiger partial charge >= 0.3 is 5.97 Å². The molecule has 1 saturated heterocycles. The third kappa shape index (κ3) is 8.24. The molecule has 260 valence electrons. The van der Waals surface area contributed by atoms with Crippen LogP contribution in [0.3, 0.4) is 0 Å². The molecule has 7 nitrogen and oxygen atoms in total. The van der Waals surface area contributed by atoms with Crippen LogP contribution in [0.2, 0.25) is 5.02 Å². The summed E-state index contributed by atoms with van der Waals surface area (Å²) in [5.41, 5.74) is 9.35. The minimum Gasteiger partial charge on any atom is -0.461 e. The average Bonchev–Trinajstić information content (AvgIpc) is 3.00. The van der Waals surface area contributed by atoms with E-state index >= 15 is 0 Å². The van der Waals surface area contributed by atoms with Crippen LogP contribution in [0.4, 0.5) is 5.69 Å². The molecule has 1 N–H and O–H groups in total. The van der Waals surface area contributed by atoms with Crippen molar-refractivity contribution >= 4 is 23.3 Å². The maximum Gasteiger partial charge on any atom is 0.340 e. The molecule has 5 rings (SSSR count). The number of aromatic nitrogens is 1. The number of rotatable bonds is 9. The summed E-state index contributed by atoms with van der Waals surface area (Å²) in [6.45, 7) is 22.2. The first-order chi connectivity index (χ1) is 22.6. The summed E-state index contributed by atoms with van der Waals surface area (Å²) in [6.07, 6.45) is 1.64. The van der Waals surface area contributed by atoms with E-state index in [0.29, 0.717) is 11.4 Å². The van der Waals surface area contributed by atoms with E-state index in [1.807, 2.05) is 53.7 Å². The molecular weight excluding hydrogens is 622 g/mol. The number of pyridine rings is 1. The number of benzene rings is 2. The van der Waals surface area contributed by atoms with Crippen LogP contribution in [-0.2, 0) is 40.4 Å². The van der Waals surface area contributed by atoms with E-state index in [9.17, 15) is 9.90 Å². The second kappa shape index (κ2) is 14.5. The number of aliphatic hydroxyl groups excluding tert-OH is 1. The molecule has 0 aliphatic carbocycles. The molecule has 1 fully saturated rings. The fourth-order valence-electron chi connectivity index (χ4n) is 7.02. The number of halogens is 1. The van der Waals surface area contributed by atoms with Gasteiger partial charge in [0, 0.05) is 54.6 Å². The Morgan fingerprint density at radius 3 is 2.40 bits per heavy atom. The van der Waals surface area contributed by atoms with Gasteiger partial charge < -0.3 is 19.5 Å². The summed E-state index contributed by atoms with van der Waals surface area (Å²) in [5, 5.41) is 11.6. The number of anilines is 1. The monoisotopic (exact) mass is 675 g/mol. The normalized spacial score (nSPS) is 17.4. The SMILES string of the molecule is Cc1cccc(Cl)c1CN1CCc2cc(-c3c(CO)nc(C)c(C(OC(C)(C)C)C(=O)OC(C)C)c3N3CCC(C)(C)CC3)ccc2C1. The van der Waals surface area contributed by atoms with Crippen molar-refractivity contribution in [2.45, 2.75) is 119 Å². The first kappa shape index (κ1) is 36.3. The van der Waals surface area contributed by atoms with Gasteiger partial charge in [-0.3, -0.25) is 9.88 Å². The third-order valence-corrected chi connectivity index (χ3v) is 10.0. The Kier molecular flexibility index (Phi) is 11.0. The standard InChI is InChI=1S/C40H54ClN3O4/c1-25(2)47-38(46)37(48-39(5,6)7)34-27(4)42-33(24-45)35(36(34)44-19-16-40(8,9)17-20-44)29-13-14-30-22-43(18-15-28(30)21-29)23-31-26(3)11-10-12-32(31)41/h10-14,21,25,37,45H,15-20,22-24H2,1-9H3. The van der Waals surface area contributed by atoms with Crippen molar-refractivity contribution in [1.29, 1.82) is 0 Å². The molecule has 1 atom stereocenters. The molecule has 2 aromatic carbocycles. The van der Waals surface area contributed by atoms with E-state index in [2.05, 4.69) is 54.8 Å². The summed E-state index contributed by atoms with van der Waals surface area (Å²) in [4.78, 5) is 23.7.